The zero-order valence-electron chi connectivity index (χ0n) is 11.5. The van der Waals surface area contributed by atoms with Crippen LogP contribution in [0.3, 0.4) is 0 Å². The molecule has 8 heteroatoms. The lowest BCUT2D eigenvalue weighted by molar-refractivity contribution is -0.137. The van der Waals surface area contributed by atoms with E-state index in [0.717, 1.165) is 17.1 Å². The van der Waals surface area contributed by atoms with E-state index in [1.165, 1.54) is 24.3 Å². The summed E-state index contributed by atoms with van der Waals surface area (Å²) >= 11 is 0. The van der Waals surface area contributed by atoms with Gasteiger partial charge in [0.05, 0.1) is 0 Å². The van der Waals surface area contributed by atoms with Crippen LogP contribution in [0.15, 0.2) is 33.8 Å². The molecule has 3 rings (SSSR count). The molecule has 0 aliphatic heterocycles. The van der Waals surface area contributed by atoms with Gasteiger partial charge in [-0.2, -0.15) is 4.31 Å². The summed E-state index contributed by atoms with van der Waals surface area (Å²) < 4.78 is 44.5. The second kappa shape index (κ2) is 5.36. The van der Waals surface area contributed by atoms with Gasteiger partial charge in [0.2, 0.25) is 5.09 Å². The second-order valence-corrected chi connectivity index (χ2v) is 7.25. The summed E-state index contributed by atoms with van der Waals surface area (Å²) in [7, 11) is -4.06. The van der Waals surface area contributed by atoms with Crippen molar-refractivity contribution in [3.63, 3.8) is 0 Å². The van der Waals surface area contributed by atoms with Crippen LogP contribution in [0.1, 0.15) is 12.8 Å². The predicted octanol–water partition coefficient (Wildman–Crippen LogP) is 2.06. The summed E-state index contributed by atoms with van der Waals surface area (Å²) in [5.74, 6) is -1.54. The molecule has 1 aromatic heterocycles. The molecule has 6 nitrogen and oxygen atoms in total. The van der Waals surface area contributed by atoms with Gasteiger partial charge in [0, 0.05) is 18.0 Å². The summed E-state index contributed by atoms with van der Waals surface area (Å²) in [4.78, 5) is 10.9. The maximum absolute atomic E-state index is 13.2. The van der Waals surface area contributed by atoms with Crippen molar-refractivity contribution in [3.05, 3.63) is 30.1 Å². The van der Waals surface area contributed by atoms with Crippen LogP contribution >= 0.6 is 0 Å². The van der Waals surface area contributed by atoms with Crippen LogP contribution < -0.4 is 0 Å². The Kier molecular flexibility index (Phi) is 3.65. The molecule has 1 aromatic carbocycles. The number of carbonyl (C=O) groups is 1. The largest absolute Gasteiger partial charge is 0.480 e. The Hall–Kier alpha value is -1.93. The van der Waals surface area contributed by atoms with E-state index in [-0.39, 0.29) is 23.1 Å². The number of hydrogen-bond donors (Lipinski definition) is 1. The van der Waals surface area contributed by atoms with Gasteiger partial charge in [-0.3, -0.25) is 4.79 Å². The van der Waals surface area contributed by atoms with Crippen LogP contribution in [0.25, 0.3) is 11.0 Å². The molecule has 0 radical (unpaired) electrons. The molecule has 0 atom stereocenters. The molecule has 1 fully saturated rings. The number of fused-ring (bicyclic) bond motifs is 1. The quantitative estimate of drug-likeness (QED) is 0.877. The number of benzene rings is 1. The lowest BCUT2D eigenvalue weighted by Gasteiger charge is -2.18. The first-order chi connectivity index (χ1) is 10.4. The Morgan fingerprint density at radius 2 is 2.09 bits per heavy atom. The zero-order valence-corrected chi connectivity index (χ0v) is 12.3. The first kappa shape index (κ1) is 15.0. The van der Waals surface area contributed by atoms with Crippen LogP contribution in [0.4, 0.5) is 4.39 Å². The van der Waals surface area contributed by atoms with E-state index < -0.39 is 28.4 Å². The maximum Gasteiger partial charge on any atom is 0.318 e. The lowest BCUT2D eigenvalue weighted by atomic mass is 10.2. The molecular weight excluding hydrogens is 313 g/mol. The van der Waals surface area contributed by atoms with Crippen molar-refractivity contribution in [2.45, 2.75) is 17.9 Å². The Labute approximate surface area is 126 Å². The molecule has 1 aliphatic rings. The fourth-order valence-corrected chi connectivity index (χ4v) is 3.64. The number of furan rings is 1. The number of carboxylic acids is 1. The minimum Gasteiger partial charge on any atom is -0.480 e. The van der Waals surface area contributed by atoms with Crippen LogP contribution in [-0.2, 0) is 14.8 Å². The SMILES string of the molecule is O=C(O)CN(CC1CC1)S(=O)(=O)c1cc2cc(F)ccc2o1. The number of aliphatic carboxylic acids is 1. The van der Waals surface area contributed by atoms with Gasteiger partial charge < -0.3 is 9.52 Å². The van der Waals surface area contributed by atoms with Crippen LogP contribution in [0, 0.1) is 11.7 Å². The minimum atomic E-state index is -4.06. The summed E-state index contributed by atoms with van der Waals surface area (Å²) in [5.41, 5.74) is 0.238. The van der Waals surface area contributed by atoms with Crippen LogP contribution in [-0.4, -0.2) is 36.9 Å². The number of rotatable bonds is 6. The molecular formula is C14H14FNO5S. The minimum absolute atomic E-state index is 0.153. The smallest absolute Gasteiger partial charge is 0.318 e. The van der Waals surface area contributed by atoms with Gasteiger partial charge in [-0.05, 0) is 37.0 Å². The van der Waals surface area contributed by atoms with Crippen molar-refractivity contribution in [1.82, 2.24) is 4.31 Å². The van der Waals surface area contributed by atoms with Crippen molar-refractivity contribution < 1.29 is 27.1 Å². The van der Waals surface area contributed by atoms with Gasteiger partial charge in [-0.1, -0.05) is 0 Å². The van der Waals surface area contributed by atoms with E-state index in [9.17, 15) is 17.6 Å². The van der Waals surface area contributed by atoms with Crippen molar-refractivity contribution in [2.24, 2.45) is 5.92 Å². The van der Waals surface area contributed by atoms with Gasteiger partial charge in [0.15, 0.2) is 0 Å². The van der Waals surface area contributed by atoms with Crippen molar-refractivity contribution in [3.8, 4) is 0 Å². The number of halogens is 1. The van der Waals surface area contributed by atoms with Crippen molar-refractivity contribution in [2.75, 3.05) is 13.1 Å². The fourth-order valence-electron chi connectivity index (χ4n) is 2.23. The molecule has 1 heterocycles. The van der Waals surface area contributed by atoms with Crippen molar-refractivity contribution >= 4 is 27.0 Å². The molecule has 22 heavy (non-hydrogen) atoms. The van der Waals surface area contributed by atoms with Crippen LogP contribution in [0.2, 0.25) is 0 Å². The first-order valence-corrected chi connectivity index (χ1v) is 8.21. The topological polar surface area (TPSA) is 87.8 Å². The van der Waals surface area contributed by atoms with Gasteiger partial charge in [0.25, 0.3) is 10.0 Å². The van der Waals surface area contributed by atoms with E-state index in [1.807, 2.05) is 0 Å². The van der Waals surface area contributed by atoms with Crippen molar-refractivity contribution in [1.29, 1.82) is 0 Å². The third-order valence-corrected chi connectivity index (χ3v) is 5.19. The molecule has 0 bridgehead atoms. The second-order valence-electron chi connectivity index (χ2n) is 5.38. The summed E-state index contributed by atoms with van der Waals surface area (Å²) in [5, 5.41) is 8.87. The van der Waals surface area contributed by atoms with Gasteiger partial charge in [0.1, 0.15) is 17.9 Å². The summed E-state index contributed by atoms with van der Waals surface area (Å²) in [6.07, 6.45) is 1.77. The van der Waals surface area contributed by atoms with Gasteiger partial charge in [-0.25, -0.2) is 12.8 Å². The maximum atomic E-state index is 13.2. The molecule has 0 saturated heterocycles. The average Bonchev–Trinajstić information content (AvgIpc) is 3.14. The number of sulfonamides is 1. The fraction of sp³-hybridized carbons (Fsp3) is 0.357. The average molecular weight is 327 g/mol. The lowest BCUT2D eigenvalue weighted by Crippen LogP contribution is -2.37. The zero-order chi connectivity index (χ0) is 15.9. The Morgan fingerprint density at radius 1 is 1.36 bits per heavy atom. The van der Waals surface area contributed by atoms with E-state index >= 15 is 0 Å². The van der Waals surface area contributed by atoms with E-state index in [4.69, 9.17) is 9.52 Å². The van der Waals surface area contributed by atoms with Gasteiger partial charge in [-0.15, -0.1) is 0 Å². The van der Waals surface area contributed by atoms with E-state index in [1.54, 1.807) is 0 Å². The molecule has 0 unspecified atom stereocenters. The number of hydrogen-bond acceptors (Lipinski definition) is 4. The summed E-state index contributed by atoms with van der Waals surface area (Å²) in [6, 6.07) is 4.89. The highest BCUT2D eigenvalue weighted by Crippen LogP contribution is 2.32. The highest BCUT2D eigenvalue weighted by atomic mass is 32.2. The Bertz CT molecular complexity index is 825. The number of nitrogens with zero attached hydrogens (tertiary/aromatic N) is 1. The van der Waals surface area contributed by atoms with E-state index in [0.29, 0.717) is 5.39 Å². The Morgan fingerprint density at radius 3 is 2.73 bits per heavy atom. The highest BCUT2D eigenvalue weighted by Gasteiger charge is 2.34. The standard InChI is InChI=1S/C14H14FNO5S/c15-11-3-4-12-10(5-11)6-14(21-12)22(19,20)16(8-13(17)18)7-9-1-2-9/h3-6,9H,1-2,7-8H2,(H,17,18). The Balaban J connectivity index is 1.98. The molecule has 1 aliphatic carbocycles. The molecule has 0 spiro atoms. The first-order valence-electron chi connectivity index (χ1n) is 6.77. The van der Waals surface area contributed by atoms with E-state index in [2.05, 4.69) is 0 Å². The molecule has 0 amide bonds. The summed E-state index contributed by atoms with van der Waals surface area (Å²) in [6.45, 7) is -0.468. The third-order valence-electron chi connectivity index (χ3n) is 3.52. The third kappa shape index (κ3) is 2.97. The molecule has 118 valence electrons. The number of carboxylic acid groups (broad SMARTS) is 1. The monoisotopic (exact) mass is 327 g/mol. The van der Waals surface area contributed by atoms with Crippen LogP contribution in [0.5, 0.6) is 0 Å². The highest BCUT2D eigenvalue weighted by molar-refractivity contribution is 7.89. The molecule has 1 saturated carbocycles. The normalized spacial score (nSPS) is 15.5. The molecule has 2 aromatic rings. The van der Waals surface area contributed by atoms with Gasteiger partial charge >= 0.3 is 5.97 Å². The predicted molar refractivity (Wildman–Crippen MR) is 75.3 cm³/mol. The molecule has 1 N–H and O–H groups in total.